The number of unbranched alkanes of at least 4 members (excludes halogenated alkanes) is 6. The van der Waals surface area contributed by atoms with Gasteiger partial charge < -0.3 is 10.4 Å². The summed E-state index contributed by atoms with van der Waals surface area (Å²) in [5, 5.41) is 18.7. The van der Waals surface area contributed by atoms with Gasteiger partial charge in [-0.05, 0) is 37.5 Å². The van der Waals surface area contributed by atoms with Crippen LogP contribution in [0, 0.1) is 16.7 Å². The van der Waals surface area contributed by atoms with E-state index in [-0.39, 0.29) is 28.7 Å². The van der Waals surface area contributed by atoms with Gasteiger partial charge in [0.25, 0.3) is 5.66 Å². The summed E-state index contributed by atoms with van der Waals surface area (Å²) >= 11 is 0. The minimum atomic E-state index is -3.27. The molecule has 0 saturated carbocycles. The number of rotatable bonds is 15. The third-order valence-corrected chi connectivity index (χ3v) is 7.82. The van der Waals surface area contributed by atoms with Gasteiger partial charge in [0.2, 0.25) is 5.91 Å². The first kappa shape index (κ1) is 33.4. The number of nitrogens with zero attached hydrogens (tertiary/aromatic N) is 1. The van der Waals surface area contributed by atoms with Crippen LogP contribution in [0.2, 0.25) is 0 Å². The molecule has 0 fully saturated rings. The molecule has 35 heavy (non-hydrogen) atoms. The first-order chi connectivity index (χ1) is 16.3. The molecule has 10 heteroatoms. The van der Waals surface area contributed by atoms with Crippen LogP contribution in [-0.4, -0.2) is 38.0 Å². The topological polar surface area (TPSA) is 107 Å². The second-order valence-corrected chi connectivity index (χ2v) is 12.2. The summed E-state index contributed by atoms with van der Waals surface area (Å²) in [7, 11) is -0.535. The van der Waals surface area contributed by atoms with Crippen LogP contribution >= 0.6 is 9.24 Å². The van der Waals surface area contributed by atoms with Gasteiger partial charge >= 0.3 is 0 Å². The summed E-state index contributed by atoms with van der Waals surface area (Å²) in [6.45, 7) is 5.66. The zero-order valence-electron chi connectivity index (χ0n) is 21.4. The number of aliphatic hydroxyl groups excluding tert-OH is 1. The normalized spacial score (nSPS) is 11.9. The second-order valence-electron chi connectivity index (χ2n) is 9.21. The number of nitrogens with one attached hydrogen (secondary N) is 1. The molecule has 0 saturated heterocycles. The third kappa shape index (κ3) is 13.3. The maximum atomic E-state index is 13.7. The molecule has 1 rings (SSSR count). The molecule has 2 N–H and O–H groups in total. The highest BCUT2D eigenvalue weighted by atomic mass is 32.2. The number of benzene rings is 1. The van der Waals surface area contributed by atoms with Gasteiger partial charge in [-0.25, -0.2) is 8.42 Å². The molecule has 1 amide bonds. The van der Waals surface area contributed by atoms with E-state index in [2.05, 4.69) is 5.32 Å². The molecule has 1 atom stereocenters. The van der Waals surface area contributed by atoms with Crippen molar-refractivity contribution in [3.63, 3.8) is 0 Å². The van der Waals surface area contributed by atoms with Crippen LogP contribution in [0.3, 0.4) is 0 Å². The SMILES string of the molecule is CCCCCS(=O)(=O)CCCCCCCC(C)(C)C(=O)Nc1ccc(C#N)c(C(F)(F)P)c1.CO. The predicted molar refractivity (Wildman–Crippen MR) is 141 cm³/mol. The molecule has 0 radical (unpaired) electrons. The number of aliphatic hydroxyl groups is 1. The number of carbonyl (C=O) groups excluding carboxylic acids is 1. The van der Waals surface area contributed by atoms with Crippen molar-refractivity contribution in [2.24, 2.45) is 5.41 Å². The van der Waals surface area contributed by atoms with E-state index < -0.39 is 26.5 Å². The van der Waals surface area contributed by atoms with Crippen LogP contribution in [0.25, 0.3) is 0 Å². The lowest BCUT2D eigenvalue weighted by atomic mass is 9.85. The molecule has 200 valence electrons. The molecule has 0 bridgehead atoms. The van der Waals surface area contributed by atoms with Gasteiger partial charge in [0.05, 0.1) is 23.1 Å². The van der Waals surface area contributed by atoms with Gasteiger partial charge in [0.1, 0.15) is 9.84 Å². The molecular formula is C25H41F2N2O4PS. The van der Waals surface area contributed by atoms with E-state index in [1.807, 2.05) is 6.92 Å². The number of hydrogen-bond donors (Lipinski definition) is 2. The number of anilines is 1. The highest BCUT2D eigenvalue weighted by Crippen LogP contribution is 2.38. The molecular weight excluding hydrogens is 493 g/mol. The maximum Gasteiger partial charge on any atom is 0.285 e. The number of halogens is 2. The lowest BCUT2D eigenvalue weighted by Crippen LogP contribution is -2.30. The average molecular weight is 535 g/mol. The van der Waals surface area contributed by atoms with Crippen molar-refractivity contribution in [1.82, 2.24) is 0 Å². The van der Waals surface area contributed by atoms with Crippen LogP contribution in [0.1, 0.15) is 89.7 Å². The number of hydrogen-bond acceptors (Lipinski definition) is 5. The van der Waals surface area contributed by atoms with Crippen LogP contribution in [0.5, 0.6) is 0 Å². The fourth-order valence-electron chi connectivity index (χ4n) is 3.50. The van der Waals surface area contributed by atoms with E-state index in [1.54, 1.807) is 19.9 Å². The zero-order valence-corrected chi connectivity index (χ0v) is 23.3. The Morgan fingerprint density at radius 2 is 1.60 bits per heavy atom. The number of nitriles is 1. The standard InChI is InChI=1S/C24H37F2N2O3PS.CH4O/c1-4-5-10-15-33(30,31)16-11-8-6-7-9-14-23(2,3)22(29)28-20-13-12-19(18-27)21(17-20)24(25,26)32;1-2/h12-13,17H,4-11,14-16,32H2,1-3H3,(H,28,29);2H,1H3. The Kier molecular flexibility index (Phi) is 15.4. The molecule has 0 aliphatic heterocycles. The molecule has 1 unspecified atom stereocenters. The molecule has 0 aromatic heterocycles. The molecule has 0 spiro atoms. The van der Waals surface area contributed by atoms with E-state index in [0.29, 0.717) is 12.8 Å². The van der Waals surface area contributed by atoms with Crippen molar-refractivity contribution in [1.29, 1.82) is 5.26 Å². The predicted octanol–water partition coefficient (Wildman–Crippen LogP) is 6.00. The Morgan fingerprint density at radius 1 is 1.06 bits per heavy atom. The second kappa shape index (κ2) is 16.2. The van der Waals surface area contributed by atoms with Gasteiger partial charge in [0, 0.05) is 23.8 Å². The summed E-state index contributed by atoms with van der Waals surface area (Å²) in [4.78, 5) is 12.7. The Hall–Kier alpha value is -1.62. The highest BCUT2D eigenvalue weighted by molar-refractivity contribution is 7.91. The van der Waals surface area contributed by atoms with Gasteiger partial charge in [-0.3, -0.25) is 4.79 Å². The third-order valence-electron chi connectivity index (χ3n) is 5.69. The molecule has 0 aliphatic carbocycles. The summed E-state index contributed by atoms with van der Waals surface area (Å²) in [5.74, 6) is 0.245. The molecule has 0 aliphatic rings. The molecule has 6 nitrogen and oxygen atoms in total. The van der Waals surface area contributed by atoms with Crippen molar-refractivity contribution in [3.05, 3.63) is 29.3 Å². The number of alkyl halides is 2. The largest absolute Gasteiger partial charge is 0.400 e. The lowest BCUT2D eigenvalue weighted by molar-refractivity contribution is -0.124. The number of carbonyl (C=O) groups is 1. The minimum absolute atomic E-state index is 0.138. The van der Waals surface area contributed by atoms with Gasteiger partial charge in [0.15, 0.2) is 0 Å². The van der Waals surface area contributed by atoms with E-state index in [4.69, 9.17) is 10.4 Å². The van der Waals surface area contributed by atoms with Crippen LogP contribution < -0.4 is 5.32 Å². The van der Waals surface area contributed by atoms with Crippen molar-refractivity contribution in [2.75, 3.05) is 23.9 Å². The average Bonchev–Trinajstić information content (AvgIpc) is 2.79. The fourth-order valence-corrected chi connectivity index (χ4v) is 5.23. The Bertz CT molecular complexity index is 926. The van der Waals surface area contributed by atoms with Crippen molar-refractivity contribution >= 4 is 30.7 Å². The summed E-state index contributed by atoms with van der Waals surface area (Å²) in [6, 6.07) is 5.60. The molecule has 1 aromatic carbocycles. The maximum absolute atomic E-state index is 13.7. The summed E-state index contributed by atoms with van der Waals surface area (Å²) in [5.41, 5.74) is -4.32. The van der Waals surface area contributed by atoms with Crippen LogP contribution in [0.4, 0.5) is 14.5 Å². The van der Waals surface area contributed by atoms with E-state index in [0.717, 1.165) is 58.1 Å². The monoisotopic (exact) mass is 534 g/mol. The van der Waals surface area contributed by atoms with Crippen LogP contribution in [0.15, 0.2) is 18.2 Å². The quantitative estimate of drug-likeness (QED) is 0.212. The lowest BCUT2D eigenvalue weighted by Gasteiger charge is -2.24. The summed E-state index contributed by atoms with van der Waals surface area (Å²) < 4.78 is 51.4. The van der Waals surface area contributed by atoms with E-state index in [1.165, 1.54) is 21.4 Å². The summed E-state index contributed by atoms with van der Waals surface area (Å²) in [6.07, 6.45) is 7.43. The number of amides is 1. The van der Waals surface area contributed by atoms with Crippen molar-refractivity contribution in [3.8, 4) is 6.07 Å². The molecule has 0 heterocycles. The fraction of sp³-hybridized carbons (Fsp3) is 0.680. The van der Waals surface area contributed by atoms with Crippen molar-refractivity contribution in [2.45, 2.75) is 84.2 Å². The smallest absolute Gasteiger partial charge is 0.285 e. The van der Waals surface area contributed by atoms with E-state index >= 15 is 0 Å². The van der Waals surface area contributed by atoms with Gasteiger partial charge in [-0.15, -0.1) is 0 Å². The van der Waals surface area contributed by atoms with Crippen LogP contribution in [-0.2, 0) is 20.3 Å². The first-order valence-corrected chi connectivity index (χ1v) is 14.4. The highest BCUT2D eigenvalue weighted by Gasteiger charge is 2.30. The molecule has 1 aromatic rings. The Labute approximate surface area is 212 Å². The Balaban J connectivity index is 0.00000562. The van der Waals surface area contributed by atoms with Crippen molar-refractivity contribution < 1.29 is 27.1 Å². The van der Waals surface area contributed by atoms with E-state index in [9.17, 15) is 22.0 Å². The zero-order chi connectivity index (χ0) is 27.1. The number of sulfone groups is 1. The first-order valence-electron chi connectivity index (χ1n) is 12.0. The minimum Gasteiger partial charge on any atom is -0.400 e. The van der Waals surface area contributed by atoms with Gasteiger partial charge in [-0.1, -0.05) is 68.5 Å². The Morgan fingerprint density at radius 3 is 2.14 bits per heavy atom. The van der Waals surface area contributed by atoms with Gasteiger partial charge in [-0.2, -0.15) is 14.0 Å².